The van der Waals surface area contributed by atoms with Crippen molar-refractivity contribution in [2.24, 2.45) is 5.16 Å². The Labute approximate surface area is 149 Å². The van der Waals surface area contributed by atoms with Gasteiger partial charge in [0.15, 0.2) is 0 Å². The molecule has 2 aromatic rings. The van der Waals surface area contributed by atoms with E-state index in [1.54, 1.807) is 30.3 Å². The van der Waals surface area contributed by atoms with Gasteiger partial charge in [-0.05, 0) is 12.1 Å². The molecule has 3 rings (SSSR count). The lowest BCUT2D eigenvalue weighted by Gasteiger charge is -2.28. The van der Waals surface area contributed by atoms with Crippen LogP contribution in [-0.2, 0) is 16.2 Å². The van der Waals surface area contributed by atoms with E-state index in [2.05, 4.69) is 5.16 Å². The number of anilines is 1. The van der Waals surface area contributed by atoms with Crippen LogP contribution in [0.25, 0.3) is 0 Å². The van der Waals surface area contributed by atoms with Crippen molar-refractivity contribution < 1.29 is 18.9 Å². The van der Waals surface area contributed by atoms with Gasteiger partial charge in [0.2, 0.25) is 0 Å². The van der Waals surface area contributed by atoms with Crippen molar-refractivity contribution in [1.29, 1.82) is 0 Å². The van der Waals surface area contributed by atoms with Crippen molar-refractivity contribution in [3.63, 3.8) is 0 Å². The number of rotatable bonds is 6. The summed E-state index contributed by atoms with van der Waals surface area (Å²) in [6, 6.07) is 11.1. The van der Waals surface area contributed by atoms with Crippen LogP contribution in [0, 0.1) is 15.9 Å². The minimum atomic E-state index is -0.414. The van der Waals surface area contributed by atoms with Crippen molar-refractivity contribution in [3.05, 3.63) is 69.5 Å². The predicted molar refractivity (Wildman–Crippen MR) is 94.9 cm³/mol. The third-order valence-electron chi connectivity index (χ3n) is 4.00. The molecule has 26 heavy (non-hydrogen) atoms. The van der Waals surface area contributed by atoms with Crippen LogP contribution in [0.1, 0.15) is 11.1 Å². The summed E-state index contributed by atoms with van der Waals surface area (Å²) in [7, 11) is 0. The molecule has 7 nitrogen and oxygen atoms in total. The first kappa shape index (κ1) is 17.8. The molecular weight excluding hydrogens is 341 g/mol. The van der Waals surface area contributed by atoms with Crippen LogP contribution in [0.15, 0.2) is 47.6 Å². The zero-order valence-corrected chi connectivity index (χ0v) is 14.0. The number of nitro groups is 1. The van der Waals surface area contributed by atoms with Gasteiger partial charge in [-0.3, -0.25) is 10.1 Å². The van der Waals surface area contributed by atoms with Gasteiger partial charge in [-0.25, -0.2) is 4.39 Å². The molecule has 1 heterocycles. The molecule has 1 saturated heterocycles. The second kappa shape index (κ2) is 8.39. The highest BCUT2D eigenvalue weighted by Gasteiger charge is 2.21. The highest BCUT2D eigenvalue weighted by atomic mass is 19.1. The van der Waals surface area contributed by atoms with Crippen molar-refractivity contribution in [2.45, 2.75) is 6.61 Å². The van der Waals surface area contributed by atoms with Crippen LogP contribution >= 0.6 is 0 Å². The zero-order chi connectivity index (χ0) is 18.4. The average Bonchev–Trinajstić information content (AvgIpc) is 2.67. The van der Waals surface area contributed by atoms with Gasteiger partial charge in [-0.1, -0.05) is 29.4 Å². The molecular formula is C18H18FN3O4. The number of halogens is 1. The lowest BCUT2D eigenvalue weighted by Crippen LogP contribution is -2.36. The number of morpholine rings is 1. The molecule has 0 saturated carbocycles. The van der Waals surface area contributed by atoms with Gasteiger partial charge in [0.1, 0.15) is 18.1 Å². The fourth-order valence-corrected chi connectivity index (χ4v) is 2.66. The summed E-state index contributed by atoms with van der Waals surface area (Å²) < 4.78 is 18.8. The Morgan fingerprint density at radius 3 is 2.77 bits per heavy atom. The van der Waals surface area contributed by atoms with E-state index in [9.17, 15) is 14.5 Å². The zero-order valence-electron chi connectivity index (χ0n) is 14.0. The number of benzene rings is 2. The molecule has 0 unspecified atom stereocenters. The van der Waals surface area contributed by atoms with Crippen LogP contribution in [0.4, 0.5) is 15.8 Å². The van der Waals surface area contributed by atoms with E-state index in [1.807, 2.05) is 4.90 Å². The quantitative estimate of drug-likeness (QED) is 0.450. The minimum absolute atomic E-state index is 0.00459. The van der Waals surface area contributed by atoms with Crippen LogP contribution in [-0.4, -0.2) is 37.4 Å². The lowest BCUT2D eigenvalue weighted by atomic mass is 10.1. The Morgan fingerprint density at radius 2 is 2.04 bits per heavy atom. The molecule has 0 amide bonds. The maximum atomic E-state index is 13.5. The Kier molecular flexibility index (Phi) is 5.75. The smallest absolute Gasteiger partial charge is 0.293 e. The first-order chi connectivity index (χ1) is 12.6. The number of hydrogen-bond donors (Lipinski definition) is 0. The predicted octanol–water partition coefficient (Wildman–Crippen LogP) is 3.12. The summed E-state index contributed by atoms with van der Waals surface area (Å²) in [6.07, 6.45) is 1.37. The van der Waals surface area contributed by atoms with Gasteiger partial charge >= 0.3 is 0 Å². The largest absolute Gasteiger partial charge is 0.391 e. The molecule has 8 heteroatoms. The van der Waals surface area contributed by atoms with Crippen LogP contribution in [0.2, 0.25) is 0 Å². The van der Waals surface area contributed by atoms with Gasteiger partial charge in [-0.15, -0.1) is 0 Å². The molecule has 0 bridgehead atoms. The number of ether oxygens (including phenoxy) is 1. The molecule has 1 aliphatic rings. The summed E-state index contributed by atoms with van der Waals surface area (Å²) in [5.41, 5.74) is 1.48. The maximum absolute atomic E-state index is 13.5. The van der Waals surface area contributed by atoms with Crippen molar-refractivity contribution in [3.8, 4) is 0 Å². The van der Waals surface area contributed by atoms with Crippen molar-refractivity contribution in [2.75, 3.05) is 31.2 Å². The molecule has 0 N–H and O–H groups in total. The normalized spacial score (nSPS) is 14.6. The first-order valence-corrected chi connectivity index (χ1v) is 8.15. The monoisotopic (exact) mass is 359 g/mol. The topological polar surface area (TPSA) is 77.2 Å². The second-order valence-electron chi connectivity index (χ2n) is 5.70. The minimum Gasteiger partial charge on any atom is -0.391 e. The fourth-order valence-electron chi connectivity index (χ4n) is 2.66. The van der Waals surface area contributed by atoms with E-state index in [0.29, 0.717) is 43.1 Å². The van der Waals surface area contributed by atoms with Crippen molar-refractivity contribution >= 4 is 17.6 Å². The third-order valence-corrected chi connectivity index (χ3v) is 4.00. The molecule has 0 spiro atoms. The average molecular weight is 359 g/mol. The van der Waals surface area contributed by atoms with E-state index < -0.39 is 4.92 Å². The molecule has 0 radical (unpaired) electrons. The maximum Gasteiger partial charge on any atom is 0.293 e. The molecule has 136 valence electrons. The molecule has 0 aromatic heterocycles. The SMILES string of the molecule is O=[N+]([O-])c1cc(/C=N/OCc2ccccc2F)ccc1N1CCOCC1. The van der Waals surface area contributed by atoms with Gasteiger partial charge in [0, 0.05) is 30.3 Å². The third kappa shape index (κ3) is 4.34. The van der Waals surface area contributed by atoms with Crippen LogP contribution in [0.5, 0.6) is 0 Å². The van der Waals surface area contributed by atoms with E-state index in [0.717, 1.165) is 0 Å². The Morgan fingerprint density at radius 1 is 1.27 bits per heavy atom. The van der Waals surface area contributed by atoms with Crippen LogP contribution in [0.3, 0.4) is 0 Å². The fraction of sp³-hybridized carbons (Fsp3) is 0.278. The molecule has 0 atom stereocenters. The van der Waals surface area contributed by atoms with Gasteiger partial charge < -0.3 is 14.5 Å². The lowest BCUT2D eigenvalue weighted by molar-refractivity contribution is -0.384. The van der Waals surface area contributed by atoms with E-state index >= 15 is 0 Å². The van der Waals surface area contributed by atoms with Crippen LogP contribution < -0.4 is 4.90 Å². The second-order valence-corrected chi connectivity index (χ2v) is 5.70. The Balaban J connectivity index is 1.69. The first-order valence-electron chi connectivity index (χ1n) is 8.15. The van der Waals surface area contributed by atoms with Crippen molar-refractivity contribution in [1.82, 2.24) is 0 Å². The summed E-state index contributed by atoms with van der Waals surface area (Å²) in [6.45, 7) is 2.30. The number of oxime groups is 1. The Hall–Kier alpha value is -3.00. The van der Waals surface area contributed by atoms with Gasteiger partial charge in [-0.2, -0.15) is 0 Å². The highest BCUT2D eigenvalue weighted by Crippen LogP contribution is 2.29. The molecule has 2 aromatic carbocycles. The molecule has 0 aliphatic carbocycles. The summed E-state index contributed by atoms with van der Waals surface area (Å²) in [5.74, 6) is -0.367. The standard InChI is InChI=1S/C18H18FN3O4/c19-16-4-2-1-3-15(16)13-26-20-12-14-5-6-17(18(11-14)22(23)24)21-7-9-25-10-8-21/h1-6,11-12H,7-10,13H2/b20-12+. The Bertz CT molecular complexity index is 807. The number of nitro benzene ring substituents is 1. The van der Waals surface area contributed by atoms with E-state index in [1.165, 1.54) is 18.3 Å². The number of nitrogens with zero attached hydrogens (tertiary/aromatic N) is 3. The number of hydrogen-bond acceptors (Lipinski definition) is 6. The molecule has 1 aliphatic heterocycles. The van der Waals surface area contributed by atoms with Gasteiger partial charge in [0.05, 0.1) is 24.4 Å². The summed E-state index contributed by atoms with van der Waals surface area (Å²) >= 11 is 0. The summed E-state index contributed by atoms with van der Waals surface area (Å²) in [4.78, 5) is 18.0. The molecule has 1 fully saturated rings. The van der Waals surface area contributed by atoms with Gasteiger partial charge in [0.25, 0.3) is 5.69 Å². The summed E-state index contributed by atoms with van der Waals surface area (Å²) in [5, 5.41) is 15.2. The highest BCUT2D eigenvalue weighted by molar-refractivity contribution is 5.82. The van der Waals surface area contributed by atoms with E-state index in [4.69, 9.17) is 9.57 Å². The van der Waals surface area contributed by atoms with E-state index in [-0.39, 0.29) is 18.1 Å².